The van der Waals surface area contributed by atoms with Gasteiger partial charge in [-0.15, -0.1) is 0 Å². The normalized spacial score (nSPS) is 10.5. The fraction of sp³-hybridized carbons (Fsp3) is 0.111. The Morgan fingerprint density at radius 1 is 1.08 bits per heavy atom. The number of nitrogens with one attached hydrogen (secondary N) is 1. The molecular formula is C18H14BrN3O3. The van der Waals surface area contributed by atoms with Gasteiger partial charge in [-0.05, 0) is 48.9 Å². The van der Waals surface area contributed by atoms with Gasteiger partial charge in [-0.2, -0.15) is 0 Å². The molecule has 2 aromatic carbocycles. The van der Waals surface area contributed by atoms with E-state index in [0.29, 0.717) is 22.3 Å². The molecular weight excluding hydrogens is 386 g/mol. The molecule has 0 fully saturated rings. The third-order valence-electron chi connectivity index (χ3n) is 3.48. The summed E-state index contributed by atoms with van der Waals surface area (Å²) in [5.41, 5.74) is 3.23. The zero-order valence-corrected chi connectivity index (χ0v) is 14.9. The van der Waals surface area contributed by atoms with Gasteiger partial charge in [0.25, 0.3) is 5.91 Å². The van der Waals surface area contributed by atoms with E-state index >= 15 is 0 Å². The van der Waals surface area contributed by atoms with Crippen LogP contribution in [0.1, 0.15) is 15.9 Å². The molecule has 3 aromatic rings. The van der Waals surface area contributed by atoms with E-state index in [-0.39, 0.29) is 6.61 Å². The number of hydrogen-bond acceptors (Lipinski definition) is 5. The second kappa shape index (κ2) is 7.40. The highest BCUT2D eigenvalue weighted by Crippen LogP contribution is 2.20. The monoisotopic (exact) mass is 399 g/mol. The van der Waals surface area contributed by atoms with Crippen LogP contribution < -0.4 is 5.32 Å². The van der Waals surface area contributed by atoms with Crippen LogP contribution in [-0.2, 0) is 9.53 Å². The largest absolute Gasteiger partial charge is 0.452 e. The molecule has 0 aliphatic rings. The van der Waals surface area contributed by atoms with Crippen LogP contribution in [0.5, 0.6) is 0 Å². The van der Waals surface area contributed by atoms with Gasteiger partial charge < -0.3 is 10.1 Å². The highest BCUT2D eigenvalue weighted by atomic mass is 79.9. The van der Waals surface area contributed by atoms with Crippen LogP contribution in [0.3, 0.4) is 0 Å². The molecule has 1 N–H and O–H groups in total. The van der Waals surface area contributed by atoms with Crippen molar-refractivity contribution in [3.63, 3.8) is 0 Å². The number of nitrogens with zero attached hydrogens (tertiary/aromatic N) is 2. The number of carbonyl (C=O) groups is 2. The molecule has 0 unspecified atom stereocenters. The molecule has 0 aliphatic heterocycles. The van der Waals surface area contributed by atoms with Gasteiger partial charge in [0.2, 0.25) is 0 Å². The van der Waals surface area contributed by atoms with Gasteiger partial charge in [0.15, 0.2) is 6.61 Å². The number of rotatable bonds is 4. The molecule has 1 amide bonds. The van der Waals surface area contributed by atoms with Crippen LogP contribution >= 0.6 is 15.9 Å². The molecule has 1 heterocycles. The molecule has 25 heavy (non-hydrogen) atoms. The number of amides is 1. The summed E-state index contributed by atoms with van der Waals surface area (Å²) in [6.07, 6.45) is 3.12. The number of benzene rings is 2. The van der Waals surface area contributed by atoms with Crippen LogP contribution in [0.25, 0.3) is 11.0 Å². The molecule has 0 spiro atoms. The van der Waals surface area contributed by atoms with Gasteiger partial charge >= 0.3 is 5.97 Å². The van der Waals surface area contributed by atoms with Gasteiger partial charge in [0, 0.05) is 22.6 Å². The first-order chi connectivity index (χ1) is 12.0. The van der Waals surface area contributed by atoms with Crippen molar-refractivity contribution in [2.24, 2.45) is 0 Å². The van der Waals surface area contributed by atoms with E-state index in [1.54, 1.807) is 36.7 Å². The molecule has 0 aliphatic carbocycles. The molecule has 0 saturated heterocycles. The van der Waals surface area contributed by atoms with E-state index in [9.17, 15) is 9.59 Å². The van der Waals surface area contributed by atoms with Gasteiger partial charge in [-0.25, -0.2) is 4.79 Å². The van der Waals surface area contributed by atoms with E-state index in [0.717, 1.165) is 10.0 Å². The number of esters is 1. The number of anilines is 1. The van der Waals surface area contributed by atoms with Crippen molar-refractivity contribution in [2.75, 3.05) is 11.9 Å². The van der Waals surface area contributed by atoms with Crippen molar-refractivity contribution < 1.29 is 14.3 Å². The third-order valence-corrected chi connectivity index (χ3v) is 4.37. The Balaban J connectivity index is 1.60. The van der Waals surface area contributed by atoms with E-state index in [1.165, 1.54) is 0 Å². The van der Waals surface area contributed by atoms with Crippen LogP contribution in [0, 0.1) is 6.92 Å². The van der Waals surface area contributed by atoms with Crippen molar-refractivity contribution in [1.82, 2.24) is 9.97 Å². The van der Waals surface area contributed by atoms with Crippen molar-refractivity contribution >= 4 is 44.5 Å². The van der Waals surface area contributed by atoms with Crippen molar-refractivity contribution in [1.29, 1.82) is 0 Å². The Kier molecular flexibility index (Phi) is 5.04. The van der Waals surface area contributed by atoms with E-state index in [2.05, 4.69) is 31.2 Å². The maximum atomic E-state index is 12.1. The predicted molar refractivity (Wildman–Crippen MR) is 97.3 cm³/mol. The van der Waals surface area contributed by atoms with Gasteiger partial charge in [0.1, 0.15) is 0 Å². The average molecular weight is 400 g/mol. The Morgan fingerprint density at radius 3 is 2.60 bits per heavy atom. The average Bonchev–Trinajstić information content (AvgIpc) is 2.62. The van der Waals surface area contributed by atoms with Gasteiger partial charge in [0.05, 0.1) is 16.6 Å². The van der Waals surface area contributed by atoms with Crippen LogP contribution in [0.2, 0.25) is 0 Å². The van der Waals surface area contributed by atoms with Gasteiger partial charge in [-0.1, -0.05) is 15.9 Å². The molecule has 0 atom stereocenters. The maximum Gasteiger partial charge on any atom is 0.338 e. The summed E-state index contributed by atoms with van der Waals surface area (Å²) in [4.78, 5) is 32.3. The number of halogens is 1. The zero-order chi connectivity index (χ0) is 17.8. The molecule has 6 nitrogen and oxygen atoms in total. The van der Waals surface area contributed by atoms with Crippen molar-refractivity contribution in [3.05, 3.63) is 64.4 Å². The van der Waals surface area contributed by atoms with Crippen molar-refractivity contribution in [2.45, 2.75) is 6.92 Å². The summed E-state index contributed by atoms with van der Waals surface area (Å²) in [6.45, 7) is 1.55. The fourth-order valence-corrected chi connectivity index (χ4v) is 2.47. The Labute approximate surface area is 152 Å². The summed E-state index contributed by atoms with van der Waals surface area (Å²) in [6, 6.07) is 10.3. The first-order valence-corrected chi connectivity index (χ1v) is 8.26. The number of carbonyl (C=O) groups excluding carboxylic acids is 2. The third kappa shape index (κ3) is 4.19. The molecule has 126 valence electrons. The SMILES string of the molecule is Cc1cc(NC(=O)COC(=O)c2ccc3nccnc3c2)ccc1Br. The van der Waals surface area contributed by atoms with E-state index < -0.39 is 11.9 Å². The Hall–Kier alpha value is -2.80. The summed E-state index contributed by atoms with van der Waals surface area (Å²) >= 11 is 3.40. The van der Waals surface area contributed by atoms with Gasteiger partial charge in [-0.3, -0.25) is 14.8 Å². The molecule has 0 radical (unpaired) electrons. The number of aromatic nitrogens is 2. The van der Waals surface area contributed by atoms with Crippen LogP contribution in [-0.4, -0.2) is 28.5 Å². The van der Waals surface area contributed by atoms with E-state index in [4.69, 9.17) is 4.74 Å². The minimum Gasteiger partial charge on any atom is -0.452 e. The Bertz CT molecular complexity index is 959. The molecule has 7 heteroatoms. The smallest absolute Gasteiger partial charge is 0.338 e. The predicted octanol–water partition coefficient (Wildman–Crippen LogP) is 3.50. The summed E-state index contributed by atoms with van der Waals surface area (Å²) in [7, 11) is 0. The number of fused-ring (bicyclic) bond motifs is 1. The second-order valence-electron chi connectivity index (χ2n) is 5.35. The zero-order valence-electron chi connectivity index (χ0n) is 13.3. The molecule has 1 aromatic heterocycles. The van der Waals surface area contributed by atoms with Crippen molar-refractivity contribution in [3.8, 4) is 0 Å². The lowest BCUT2D eigenvalue weighted by Gasteiger charge is -2.08. The molecule has 0 saturated carbocycles. The second-order valence-corrected chi connectivity index (χ2v) is 6.20. The van der Waals surface area contributed by atoms with Crippen LogP contribution in [0.15, 0.2) is 53.3 Å². The first-order valence-electron chi connectivity index (χ1n) is 7.47. The van der Waals surface area contributed by atoms with Crippen LogP contribution in [0.4, 0.5) is 5.69 Å². The maximum absolute atomic E-state index is 12.1. The number of aryl methyl sites for hydroxylation is 1. The number of ether oxygens (including phenoxy) is 1. The lowest BCUT2D eigenvalue weighted by Crippen LogP contribution is -2.21. The standard InChI is InChI=1S/C18H14BrN3O3/c1-11-8-13(3-4-14(11)19)22-17(23)10-25-18(24)12-2-5-15-16(9-12)21-7-6-20-15/h2-9H,10H2,1H3,(H,22,23). The topological polar surface area (TPSA) is 81.2 Å². The minimum atomic E-state index is -0.588. The molecule has 0 bridgehead atoms. The number of hydrogen-bond donors (Lipinski definition) is 1. The highest BCUT2D eigenvalue weighted by molar-refractivity contribution is 9.10. The lowest BCUT2D eigenvalue weighted by atomic mass is 10.2. The summed E-state index contributed by atoms with van der Waals surface area (Å²) in [5.74, 6) is -0.995. The minimum absolute atomic E-state index is 0.320. The highest BCUT2D eigenvalue weighted by Gasteiger charge is 2.12. The fourth-order valence-electron chi connectivity index (χ4n) is 2.22. The Morgan fingerprint density at radius 2 is 1.84 bits per heavy atom. The first kappa shape index (κ1) is 17.0. The summed E-state index contributed by atoms with van der Waals surface area (Å²) < 4.78 is 6.01. The molecule has 3 rings (SSSR count). The lowest BCUT2D eigenvalue weighted by molar-refractivity contribution is -0.119. The van der Waals surface area contributed by atoms with E-state index in [1.807, 2.05) is 19.1 Å². The quantitative estimate of drug-likeness (QED) is 0.678. The summed E-state index contributed by atoms with van der Waals surface area (Å²) in [5, 5.41) is 2.69.